The van der Waals surface area contributed by atoms with Crippen LogP contribution in [0.5, 0.6) is 0 Å². The van der Waals surface area contributed by atoms with E-state index in [1.54, 1.807) is 18.3 Å². The molecule has 0 bridgehead atoms. The normalized spacial score (nSPS) is 13.0. The van der Waals surface area contributed by atoms with Crippen molar-refractivity contribution in [3.8, 4) is 0 Å². The maximum atomic E-state index is 12.4. The Morgan fingerprint density at radius 2 is 2.04 bits per heavy atom. The van der Waals surface area contributed by atoms with Crippen LogP contribution in [0, 0.1) is 13.8 Å². The Bertz CT molecular complexity index is 862. The van der Waals surface area contributed by atoms with Crippen molar-refractivity contribution in [3.05, 3.63) is 45.6 Å². The van der Waals surface area contributed by atoms with Gasteiger partial charge in [-0.05, 0) is 62.5 Å². The molecule has 0 radical (unpaired) electrons. The molecule has 0 saturated carbocycles. The Hall–Kier alpha value is -1.74. The van der Waals surface area contributed by atoms with Gasteiger partial charge in [0.15, 0.2) is 0 Å². The first kappa shape index (κ1) is 19.6. The molecule has 136 valence electrons. The maximum Gasteiger partial charge on any atom is 0.238 e. The van der Waals surface area contributed by atoms with Crippen molar-refractivity contribution in [1.29, 1.82) is 0 Å². The molecule has 0 fully saturated rings. The van der Waals surface area contributed by atoms with E-state index in [1.807, 2.05) is 43.3 Å². The number of rotatable bonds is 6. The van der Waals surface area contributed by atoms with Crippen LogP contribution in [0.3, 0.4) is 0 Å². The number of nitrogens with zero attached hydrogens (tertiary/aromatic N) is 1. The van der Waals surface area contributed by atoms with E-state index in [0.717, 1.165) is 11.1 Å². The van der Waals surface area contributed by atoms with Crippen LogP contribution in [0.1, 0.15) is 29.0 Å². The lowest BCUT2D eigenvalue weighted by atomic mass is 10.1. The van der Waals surface area contributed by atoms with Crippen LogP contribution < -0.4 is 10.5 Å². The van der Waals surface area contributed by atoms with Crippen molar-refractivity contribution in [2.24, 2.45) is 5.14 Å². The highest BCUT2D eigenvalue weighted by Gasteiger charge is 2.18. The predicted octanol–water partition coefficient (Wildman–Crippen LogP) is 2.64. The number of benzene rings is 1. The number of amides is 1. The Kier molecular flexibility index (Phi) is 5.99. The summed E-state index contributed by atoms with van der Waals surface area (Å²) in [5.74, 6) is -0.208. The third-order valence-corrected chi connectivity index (χ3v) is 6.19. The Balaban J connectivity index is 2.14. The monoisotopic (exact) mass is 381 g/mol. The molecule has 6 nitrogen and oxygen atoms in total. The number of likely N-dealkylation sites (N-methyl/N-ethyl adjacent to an activating group) is 1. The van der Waals surface area contributed by atoms with Crippen LogP contribution in [0.2, 0.25) is 0 Å². The van der Waals surface area contributed by atoms with E-state index >= 15 is 0 Å². The molecule has 0 spiro atoms. The number of nitrogens with two attached hydrogens (primary N) is 1. The van der Waals surface area contributed by atoms with Gasteiger partial charge in [0.05, 0.1) is 11.4 Å². The summed E-state index contributed by atoms with van der Waals surface area (Å²) in [4.78, 5) is 15.5. The van der Waals surface area contributed by atoms with Crippen LogP contribution in [0.25, 0.3) is 0 Å². The second kappa shape index (κ2) is 7.65. The van der Waals surface area contributed by atoms with Gasteiger partial charge in [-0.25, -0.2) is 13.6 Å². The summed E-state index contributed by atoms with van der Waals surface area (Å²) in [5, 5.41) is 10.0. The predicted molar refractivity (Wildman–Crippen MR) is 101 cm³/mol. The van der Waals surface area contributed by atoms with Gasteiger partial charge in [0, 0.05) is 16.6 Å². The van der Waals surface area contributed by atoms with Gasteiger partial charge < -0.3 is 5.32 Å². The summed E-state index contributed by atoms with van der Waals surface area (Å²) in [7, 11) is -1.95. The van der Waals surface area contributed by atoms with Crippen LogP contribution in [0.4, 0.5) is 5.69 Å². The quantitative estimate of drug-likeness (QED) is 0.804. The molecule has 1 unspecified atom stereocenters. The third-order valence-electron chi connectivity index (χ3n) is 4.25. The molecule has 1 atom stereocenters. The average Bonchev–Trinajstić information content (AvgIpc) is 3.03. The van der Waals surface area contributed by atoms with Gasteiger partial charge in [-0.1, -0.05) is 6.07 Å². The highest BCUT2D eigenvalue weighted by atomic mass is 32.2. The highest BCUT2D eigenvalue weighted by molar-refractivity contribution is 7.89. The summed E-state index contributed by atoms with van der Waals surface area (Å²) in [5.41, 5.74) is 2.03. The van der Waals surface area contributed by atoms with Crippen LogP contribution in [0.15, 0.2) is 34.5 Å². The van der Waals surface area contributed by atoms with Crippen molar-refractivity contribution in [2.75, 3.05) is 18.9 Å². The summed E-state index contributed by atoms with van der Waals surface area (Å²) >= 11 is 1.65. The van der Waals surface area contributed by atoms with E-state index in [1.165, 1.54) is 17.0 Å². The van der Waals surface area contributed by atoms with Crippen molar-refractivity contribution >= 4 is 33.0 Å². The molecule has 2 aromatic rings. The zero-order chi connectivity index (χ0) is 18.8. The highest BCUT2D eigenvalue weighted by Crippen LogP contribution is 2.25. The van der Waals surface area contributed by atoms with Crippen molar-refractivity contribution in [2.45, 2.75) is 31.7 Å². The SMILES string of the molecule is Cc1cc(S(N)(=O)=O)cc(NC(=O)CN(C)C(C)c2cccs2)c1C. The zero-order valence-electron chi connectivity index (χ0n) is 14.7. The topological polar surface area (TPSA) is 92.5 Å². The minimum absolute atomic E-state index is 0.00814. The van der Waals surface area contributed by atoms with Gasteiger partial charge in [0.1, 0.15) is 0 Å². The molecule has 2 rings (SSSR count). The van der Waals surface area contributed by atoms with Gasteiger partial charge in [0.25, 0.3) is 0 Å². The Morgan fingerprint density at radius 1 is 1.36 bits per heavy atom. The summed E-state index contributed by atoms with van der Waals surface area (Å²) in [6.07, 6.45) is 0. The fraction of sp³-hybridized carbons (Fsp3) is 0.353. The average molecular weight is 382 g/mol. The van der Waals surface area contributed by atoms with E-state index in [9.17, 15) is 13.2 Å². The smallest absolute Gasteiger partial charge is 0.238 e. The lowest BCUT2D eigenvalue weighted by Gasteiger charge is -2.23. The van der Waals surface area contributed by atoms with Crippen molar-refractivity contribution < 1.29 is 13.2 Å². The van der Waals surface area contributed by atoms with Crippen LogP contribution in [-0.2, 0) is 14.8 Å². The maximum absolute atomic E-state index is 12.4. The second-order valence-corrected chi connectivity index (χ2v) is 8.65. The molecule has 1 heterocycles. The first-order chi connectivity index (χ1) is 11.6. The molecule has 25 heavy (non-hydrogen) atoms. The van der Waals surface area contributed by atoms with E-state index < -0.39 is 10.0 Å². The number of nitrogens with one attached hydrogen (secondary N) is 1. The molecule has 0 aliphatic carbocycles. The number of anilines is 1. The molecule has 1 aromatic carbocycles. The minimum Gasteiger partial charge on any atom is -0.325 e. The molecule has 0 aliphatic rings. The summed E-state index contributed by atoms with van der Waals surface area (Å²) in [6.45, 7) is 5.84. The van der Waals surface area contributed by atoms with E-state index in [2.05, 4.69) is 5.32 Å². The number of hydrogen-bond acceptors (Lipinski definition) is 5. The summed E-state index contributed by atoms with van der Waals surface area (Å²) < 4.78 is 23.2. The molecule has 8 heteroatoms. The van der Waals surface area contributed by atoms with Gasteiger partial charge in [-0.15, -0.1) is 11.3 Å². The molecule has 1 amide bonds. The number of sulfonamides is 1. The number of primary sulfonamides is 1. The molecule has 3 N–H and O–H groups in total. The molecule has 0 aliphatic heterocycles. The first-order valence-electron chi connectivity index (χ1n) is 7.77. The molecule has 1 aromatic heterocycles. The van der Waals surface area contributed by atoms with E-state index in [0.29, 0.717) is 5.69 Å². The zero-order valence-corrected chi connectivity index (χ0v) is 16.4. The number of hydrogen-bond donors (Lipinski definition) is 2. The lowest BCUT2D eigenvalue weighted by molar-refractivity contribution is -0.117. The Labute approximate surface area is 152 Å². The van der Waals surface area contributed by atoms with Crippen LogP contribution in [-0.4, -0.2) is 32.8 Å². The first-order valence-corrected chi connectivity index (χ1v) is 10.2. The fourth-order valence-corrected chi connectivity index (χ4v) is 3.89. The molecular formula is C17H23N3O3S2. The van der Waals surface area contributed by atoms with Crippen LogP contribution >= 0.6 is 11.3 Å². The standard InChI is InChI=1S/C17H23N3O3S2/c1-11-8-14(25(18,22)23)9-15(12(11)2)19-17(21)10-20(4)13(3)16-6-5-7-24-16/h5-9,13H,10H2,1-4H3,(H,19,21)(H2,18,22,23). The van der Waals surface area contributed by atoms with Gasteiger partial charge in [-0.2, -0.15) is 0 Å². The van der Waals surface area contributed by atoms with E-state index in [-0.39, 0.29) is 23.4 Å². The fourth-order valence-electron chi connectivity index (χ4n) is 2.42. The van der Waals surface area contributed by atoms with Gasteiger partial charge >= 0.3 is 0 Å². The minimum atomic E-state index is -3.83. The summed E-state index contributed by atoms with van der Waals surface area (Å²) in [6, 6.07) is 7.04. The largest absolute Gasteiger partial charge is 0.325 e. The molecule has 0 saturated heterocycles. The molecular weight excluding hydrogens is 358 g/mol. The number of carbonyl (C=O) groups is 1. The second-order valence-electron chi connectivity index (χ2n) is 6.11. The third kappa shape index (κ3) is 4.88. The number of aryl methyl sites for hydroxylation is 1. The van der Waals surface area contributed by atoms with E-state index in [4.69, 9.17) is 5.14 Å². The number of thiophene rings is 1. The van der Waals surface area contributed by atoms with Crippen molar-refractivity contribution in [1.82, 2.24) is 4.90 Å². The lowest BCUT2D eigenvalue weighted by Crippen LogP contribution is -2.32. The Morgan fingerprint density at radius 3 is 2.60 bits per heavy atom. The number of carbonyl (C=O) groups excluding carboxylic acids is 1. The van der Waals surface area contributed by atoms with Gasteiger partial charge in [-0.3, -0.25) is 9.69 Å². The van der Waals surface area contributed by atoms with Gasteiger partial charge in [0.2, 0.25) is 15.9 Å². The van der Waals surface area contributed by atoms with Crippen molar-refractivity contribution in [3.63, 3.8) is 0 Å².